The molecule has 0 bridgehead atoms. The normalized spacial score (nSPS) is 9.00. The van der Waals surface area contributed by atoms with Gasteiger partial charge < -0.3 is 9.73 Å². The zero-order chi connectivity index (χ0) is 9.40. The Labute approximate surface area is 75.0 Å². The smallest absolute Gasteiger partial charge is 0.100 e. The Kier molecular flexibility index (Phi) is 6.48. The zero-order valence-corrected chi connectivity index (χ0v) is 8.48. The Morgan fingerprint density at radius 1 is 1.42 bits per heavy atom. The lowest BCUT2D eigenvalue weighted by atomic mass is 10.2. The maximum atomic E-state index is 5.13. The lowest BCUT2D eigenvalue weighted by Gasteiger charge is -1.92. The third-order valence-electron chi connectivity index (χ3n) is 1.45. The molecule has 0 saturated carbocycles. The maximum Gasteiger partial charge on any atom is 0.100 e. The molecule has 0 aliphatic carbocycles. The largest absolute Gasteiger partial charge is 0.469 e. The van der Waals surface area contributed by atoms with E-state index in [4.69, 9.17) is 4.42 Å². The number of furan rings is 1. The van der Waals surface area contributed by atoms with Crippen LogP contribution in [0.4, 0.5) is 0 Å². The number of aryl methyl sites for hydroxylation is 1. The van der Waals surface area contributed by atoms with Crippen LogP contribution in [0, 0.1) is 6.92 Å². The van der Waals surface area contributed by atoms with E-state index in [1.54, 1.807) is 0 Å². The first-order valence-electron chi connectivity index (χ1n) is 4.51. The summed E-state index contributed by atoms with van der Waals surface area (Å²) < 4.78 is 5.13. The molecule has 1 rings (SSSR count). The highest BCUT2D eigenvalue weighted by molar-refractivity contribution is 5.11. The molecule has 12 heavy (non-hydrogen) atoms. The van der Waals surface area contributed by atoms with E-state index >= 15 is 0 Å². The van der Waals surface area contributed by atoms with E-state index in [2.05, 4.69) is 11.4 Å². The lowest BCUT2D eigenvalue weighted by Crippen LogP contribution is -2.09. The average Bonchev–Trinajstić information content (AvgIpc) is 2.51. The van der Waals surface area contributed by atoms with Crippen molar-refractivity contribution in [2.75, 3.05) is 13.6 Å². The minimum atomic E-state index is 0.992. The zero-order valence-electron chi connectivity index (χ0n) is 8.48. The molecule has 0 aromatic carbocycles. The molecule has 2 heteroatoms. The second kappa shape index (κ2) is 6.92. The Morgan fingerprint density at radius 3 is 2.50 bits per heavy atom. The van der Waals surface area contributed by atoms with Crippen molar-refractivity contribution in [2.24, 2.45) is 0 Å². The molecule has 0 spiro atoms. The van der Waals surface area contributed by atoms with Crippen LogP contribution in [0.1, 0.15) is 25.2 Å². The predicted molar refractivity (Wildman–Crippen MR) is 52.4 cm³/mol. The van der Waals surface area contributed by atoms with Gasteiger partial charge in [-0.2, -0.15) is 0 Å². The summed E-state index contributed by atoms with van der Waals surface area (Å²) in [6.45, 7) is 6.97. The molecule has 1 aromatic rings. The van der Waals surface area contributed by atoms with Crippen LogP contribution in [0.3, 0.4) is 0 Å². The Balaban J connectivity index is 0.000000561. The number of rotatable bonds is 3. The van der Waals surface area contributed by atoms with Gasteiger partial charge in [-0.3, -0.25) is 0 Å². The van der Waals surface area contributed by atoms with Gasteiger partial charge in [-0.25, -0.2) is 0 Å². The first kappa shape index (κ1) is 11.2. The van der Waals surface area contributed by atoms with E-state index < -0.39 is 0 Å². The second-order valence-electron chi connectivity index (χ2n) is 2.42. The molecule has 1 N–H and O–H groups in total. The molecule has 0 radical (unpaired) electrons. The van der Waals surface area contributed by atoms with Crippen molar-refractivity contribution in [3.05, 3.63) is 23.7 Å². The second-order valence-corrected chi connectivity index (χ2v) is 2.42. The molecule has 2 nitrogen and oxygen atoms in total. The van der Waals surface area contributed by atoms with Crippen LogP contribution in [0.15, 0.2) is 16.7 Å². The van der Waals surface area contributed by atoms with Gasteiger partial charge in [0.05, 0.1) is 6.26 Å². The molecule has 0 amide bonds. The van der Waals surface area contributed by atoms with Crippen LogP contribution in [0.5, 0.6) is 0 Å². The van der Waals surface area contributed by atoms with E-state index in [0.717, 1.165) is 18.7 Å². The first-order valence-corrected chi connectivity index (χ1v) is 4.51. The molecule has 0 aliphatic heterocycles. The lowest BCUT2D eigenvalue weighted by molar-refractivity contribution is 0.531. The molecule has 0 atom stereocenters. The summed E-state index contributed by atoms with van der Waals surface area (Å²) in [4.78, 5) is 0. The van der Waals surface area contributed by atoms with Gasteiger partial charge in [-0.05, 0) is 38.6 Å². The molecule has 1 aromatic heterocycles. The molecule has 70 valence electrons. The number of hydrogen-bond acceptors (Lipinski definition) is 2. The molecule has 0 saturated heterocycles. The summed E-state index contributed by atoms with van der Waals surface area (Å²) in [5.41, 5.74) is 1.27. The standard InChI is InChI=1S/C8H13NO.C2H6/c1-7-5-8(6-10-7)3-4-9-2;1-2/h5-6,9H,3-4H2,1-2H3;1-2H3. The monoisotopic (exact) mass is 169 g/mol. The quantitative estimate of drug-likeness (QED) is 0.751. The highest BCUT2D eigenvalue weighted by Gasteiger charge is 1.94. The van der Waals surface area contributed by atoms with Gasteiger partial charge >= 0.3 is 0 Å². The van der Waals surface area contributed by atoms with Crippen LogP contribution in [-0.4, -0.2) is 13.6 Å². The predicted octanol–water partition coefficient (Wildman–Crippen LogP) is 2.38. The van der Waals surface area contributed by atoms with Crippen LogP contribution < -0.4 is 5.32 Å². The van der Waals surface area contributed by atoms with Crippen LogP contribution in [0.2, 0.25) is 0 Å². The molecule has 1 heterocycles. The Hall–Kier alpha value is -0.760. The van der Waals surface area contributed by atoms with Gasteiger partial charge in [0, 0.05) is 0 Å². The summed E-state index contributed by atoms with van der Waals surface area (Å²) in [5, 5.41) is 3.08. The molecule has 0 unspecified atom stereocenters. The maximum absolute atomic E-state index is 5.13. The van der Waals surface area contributed by atoms with Crippen molar-refractivity contribution in [2.45, 2.75) is 27.2 Å². The average molecular weight is 169 g/mol. The number of hydrogen-bond donors (Lipinski definition) is 1. The van der Waals surface area contributed by atoms with Crippen molar-refractivity contribution in [3.8, 4) is 0 Å². The van der Waals surface area contributed by atoms with E-state index in [-0.39, 0.29) is 0 Å². The fourth-order valence-electron chi connectivity index (χ4n) is 0.898. The molecular weight excluding hydrogens is 150 g/mol. The molecule has 0 aliphatic rings. The topological polar surface area (TPSA) is 25.2 Å². The van der Waals surface area contributed by atoms with Gasteiger partial charge in [0.25, 0.3) is 0 Å². The fraction of sp³-hybridized carbons (Fsp3) is 0.600. The summed E-state index contributed by atoms with van der Waals surface area (Å²) >= 11 is 0. The van der Waals surface area contributed by atoms with Gasteiger partial charge in [0.1, 0.15) is 5.76 Å². The van der Waals surface area contributed by atoms with E-state index in [0.29, 0.717) is 0 Å². The molecule has 0 fully saturated rings. The highest BCUT2D eigenvalue weighted by atomic mass is 16.3. The molecular formula is C10H19NO. The van der Waals surface area contributed by atoms with Gasteiger partial charge in [-0.1, -0.05) is 13.8 Å². The highest BCUT2D eigenvalue weighted by Crippen LogP contribution is 2.05. The van der Waals surface area contributed by atoms with Crippen molar-refractivity contribution >= 4 is 0 Å². The minimum absolute atomic E-state index is 0.992. The summed E-state index contributed by atoms with van der Waals surface area (Å²) in [6, 6.07) is 2.07. The summed E-state index contributed by atoms with van der Waals surface area (Å²) in [6.07, 6.45) is 2.86. The van der Waals surface area contributed by atoms with Crippen molar-refractivity contribution in [1.29, 1.82) is 0 Å². The van der Waals surface area contributed by atoms with Gasteiger partial charge in [0.15, 0.2) is 0 Å². The third kappa shape index (κ3) is 4.19. The summed E-state index contributed by atoms with van der Waals surface area (Å²) in [7, 11) is 1.95. The van der Waals surface area contributed by atoms with Crippen LogP contribution in [0.25, 0.3) is 0 Å². The first-order chi connectivity index (χ1) is 5.83. The number of likely N-dealkylation sites (N-methyl/N-ethyl adjacent to an activating group) is 1. The SMILES string of the molecule is CC.CNCCc1coc(C)c1. The van der Waals surface area contributed by atoms with Crippen molar-refractivity contribution < 1.29 is 4.42 Å². The van der Waals surface area contributed by atoms with Crippen LogP contribution in [-0.2, 0) is 6.42 Å². The number of nitrogens with one attached hydrogen (secondary N) is 1. The summed E-state index contributed by atoms with van der Waals surface area (Å²) in [5.74, 6) is 0.992. The van der Waals surface area contributed by atoms with Crippen molar-refractivity contribution in [3.63, 3.8) is 0 Å². The van der Waals surface area contributed by atoms with E-state index in [1.165, 1.54) is 5.56 Å². The van der Waals surface area contributed by atoms with Crippen LogP contribution >= 0.6 is 0 Å². The van der Waals surface area contributed by atoms with Gasteiger partial charge in [0.2, 0.25) is 0 Å². The van der Waals surface area contributed by atoms with Crippen molar-refractivity contribution in [1.82, 2.24) is 5.32 Å². The Morgan fingerprint density at radius 2 is 2.08 bits per heavy atom. The Bertz CT molecular complexity index is 193. The van der Waals surface area contributed by atoms with E-state index in [1.807, 2.05) is 34.1 Å². The minimum Gasteiger partial charge on any atom is -0.469 e. The fourth-order valence-corrected chi connectivity index (χ4v) is 0.898. The van der Waals surface area contributed by atoms with Gasteiger partial charge in [-0.15, -0.1) is 0 Å². The van der Waals surface area contributed by atoms with E-state index in [9.17, 15) is 0 Å². The third-order valence-corrected chi connectivity index (χ3v) is 1.45.